The molecule has 0 aromatic rings. The summed E-state index contributed by atoms with van der Waals surface area (Å²) in [6, 6.07) is 0. The zero-order valence-electron chi connectivity index (χ0n) is 7.95. The SMILES string of the molecule is O=C1NC(=NCC2(O)CCOC2)NC1=O. The highest BCUT2D eigenvalue weighted by Gasteiger charge is 2.33. The van der Waals surface area contributed by atoms with E-state index in [-0.39, 0.29) is 19.1 Å². The third kappa shape index (κ3) is 2.13. The second kappa shape index (κ2) is 3.59. The van der Waals surface area contributed by atoms with Gasteiger partial charge in [0.05, 0.1) is 13.2 Å². The molecule has 2 heterocycles. The summed E-state index contributed by atoms with van der Waals surface area (Å²) in [5.41, 5.74) is -0.981. The molecule has 7 heteroatoms. The third-order valence-corrected chi connectivity index (χ3v) is 2.28. The molecule has 2 saturated heterocycles. The summed E-state index contributed by atoms with van der Waals surface area (Å²) < 4.78 is 5.02. The smallest absolute Gasteiger partial charge is 0.316 e. The van der Waals surface area contributed by atoms with Crippen molar-refractivity contribution in [2.45, 2.75) is 12.0 Å². The van der Waals surface area contributed by atoms with Crippen LogP contribution in [-0.4, -0.2) is 48.2 Å². The van der Waals surface area contributed by atoms with Gasteiger partial charge in [0.2, 0.25) is 5.96 Å². The van der Waals surface area contributed by atoms with Crippen molar-refractivity contribution >= 4 is 17.8 Å². The van der Waals surface area contributed by atoms with Crippen LogP contribution < -0.4 is 10.6 Å². The van der Waals surface area contributed by atoms with Gasteiger partial charge >= 0.3 is 11.8 Å². The first-order valence-electron chi connectivity index (χ1n) is 4.56. The molecule has 0 saturated carbocycles. The number of rotatable bonds is 2. The van der Waals surface area contributed by atoms with Crippen molar-refractivity contribution in [3.63, 3.8) is 0 Å². The summed E-state index contributed by atoms with van der Waals surface area (Å²) in [7, 11) is 0. The van der Waals surface area contributed by atoms with E-state index in [0.717, 1.165) is 0 Å². The Morgan fingerprint density at radius 2 is 2.07 bits per heavy atom. The molecule has 0 aliphatic carbocycles. The standard InChI is InChI=1S/C8H11N3O4/c12-5-6(13)11-7(10-5)9-3-8(14)1-2-15-4-8/h14H,1-4H2,(H2,9,10,11,12,13). The van der Waals surface area contributed by atoms with Crippen LogP contribution in [0.15, 0.2) is 4.99 Å². The van der Waals surface area contributed by atoms with Crippen LogP contribution >= 0.6 is 0 Å². The van der Waals surface area contributed by atoms with Gasteiger partial charge in [-0.25, -0.2) is 4.99 Å². The van der Waals surface area contributed by atoms with E-state index in [4.69, 9.17) is 4.74 Å². The van der Waals surface area contributed by atoms with Crippen LogP contribution in [0.25, 0.3) is 0 Å². The van der Waals surface area contributed by atoms with E-state index in [1.54, 1.807) is 0 Å². The van der Waals surface area contributed by atoms with Crippen LogP contribution in [0.5, 0.6) is 0 Å². The largest absolute Gasteiger partial charge is 0.385 e. The Labute approximate surface area is 85.5 Å². The first kappa shape index (κ1) is 10.1. The second-order valence-electron chi connectivity index (χ2n) is 3.60. The molecule has 2 aliphatic rings. The van der Waals surface area contributed by atoms with Crippen LogP contribution in [0.3, 0.4) is 0 Å². The number of carbonyl (C=O) groups excluding carboxylic acids is 2. The lowest BCUT2D eigenvalue weighted by molar-refractivity contribution is -0.135. The Kier molecular flexibility index (Phi) is 2.41. The normalized spacial score (nSPS) is 30.3. The molecule has 82 valence electrons. The Bertz CT molecular complexity index is 315. The molecule has 0 spiro atoms. The number of hydrogen-bond donors (Lipinski definition) is 3. The van der Waals surface area contributed by atoms with Gasteiger partial charge in [-0.2, -0.15) is 0 Å². The van der Waals surface area contributed by atoms with Gasteiger partial charge in [-0.1, -0.05) is 0 Å². The quantitative estimate of drug-likeness (QED) is 0.451. The number of aliphatic imine (C=N–C) groups is 1. The Balaban J connectivity index is 1.94. The monoisotopic (exact) mass is 213 g/mol. The molecule has 0 aromatic carbocycles. The van der Waals surface area contributed by atoms with Crippen LogP contribution in [-0.2, 0) is 14.3 Å². The molecule has 0 radical (unpaired) electrons. The average molecular weight is 213 g/mol. The summed E-state index contributed by atoms with van der Waals surface area (Å²) >= 11 is 0. The van der Waals surface area contributed by atoms with E-state index in [2.05, 4.69) is 15.6 Å². The van der Waals surface area contributed by atoms with Crippen LogP contribution in [0.1, 0.15) is 6.42 Å². The van der Waals surface area contributed by atoms with Gasteiger partial charge in [-0.05, 0) is 0 Å². The summed E-state index contributed by atoms with van der Waals surface area (Å²) in [5.74, 6) is -1.38. The maximum absolute atomic E-state index is 10.8. The number of amides is 2. The third-order valence-electron chi connectivity index (χ3n) is 2.28. The summed E-state index contributed by atoms with van der Waals surface area (Å²) in [6.07, 6.45) is 0.506. The van der Waals surface area contributed by atoms with Crippen molar-refractivity contribution in [2.24, 2.45) is 4.99 Å². The number of ether oxygens (including phenoxy) is 1. The van der Waals surface area contributed by atoms with Crippen LogP contribution in [0.2, 0.25) is 0 Å². The average Bonchev–Trinajstić information content (AvgIpc) is 2.73. The molecule has 3 N–H and O–H groups in total. The summed E-state index contributed by atoms with van der Waals surface area (Å²) in [6.45, 7) is 0.828. The highest BCUT2D eigenvalue weighted by Crippen LogP contribution is 2.18. The fourth-order valence-electron chi connectivity index (χ4n) is 1.39. The van der Waals surface area contributed by atoms with Gasteiger partial charge in [0.25, 0.3) is 0 Å². The van der Waals surface area contributed by atoms with E-state index in [1.165, 1.54) is 0 Å². The Hall–Kier alpha value is -1.47. The number of carbonyl (C=O) groups is 2. The lowest BCUT2D eigenvalue weighted by Gasteiger charge is -2.16. The van der Waals surface area contributed by atoms with Crippen molar-refractivity contribution in [3.8, 4) is 0 Å². The second-order valence-corrected chi connectivity index (χ2v) is 3.60. The van der Waals surface area contributed by atoms with Crippen molar-refractivity contribution in [2.75, 3.05) is 19.8 Å². The fourth-order valence-corrected chi connectivity index (χ4v) is 1.39. The predicted molar refractivity (Wildman–Crippen MR) is 49.0 cm³/mol. The van der Waals surface area contributed by atoms with Crippen molar-refractivity contribution in [1.82, 2.24) is 10.6 Å². The lowest BCUT2D eigenvalue weighted by Crippen LogP contribution is -2.35. The Morgan fingerprint density at radius 3 is 2.60 bits per heavy atom. The molecule has 0 aromatic heterocycles. The van der Waals surface area contributed by atoms with Gasteiger partial charge in [0, 0.05) is 13.0 Å². The molecule has 7 nitrogen and oxygen atoms in total. The minimum atomic E-state index is -0.981. The lowest BCUT2D eigenvalue weighted by atomic mass is 10.0. The molecular weight excluding hydrogens is 202 g/mol. The van der Waals surface area contributed by atoms with Gasteiger partial charge in [0.1, 0.15) is 5.60 Å². The molecule has 2 rings (SSSR count). The zero-order valence-corrected chi connectivity index (χ0v) is 7.95. The van der Waals surface area contributed by atoms with E-state index < -0.39 is 17.4 Å². The Morgan fingerprint density at radius 1 is 1.40 bits per heavy atom. The van der Waals surface area contributed by atoms with Gasteiger partial charge in [0.15, 0.2) is 0 Å². The molecule has 2 fully saturated rings. The minimum absolute atomic E-state index is 0.0883. The van der Waals surface area contributed by atoms with Crippen molar-refractivity contribution in [1.29, 1.82) is 0 Å². The maximum Gasteiger partial charge on any atom is 0.316 e. The molecule has 0 bridgehead atoms. The summed E-state index contributed by atoms with van der Waals surface area (Å²) in [4.78, 5) is 25.4. The van der Waals surface area contributed by atoms with E-state index in [9.17, 15) is 14.7 Å². The molecule has 15 heavy (non-hydrogen) atoms. The highest BCUT2D eigenvalue weighted by molar-refractivity contribution is 6.45. The minimum Gasteiger partial charge on any atom is -0.385 e. The molecule has 2 amide bonds. The van der Waals surface area contributed by atoms with Crippen LogP contribution in [0, 0.1) is 0 Å². The number of guanidine groups is 1. The van der Waals surface area contributed by atoms with E-state index in [0.29, 0.717) is 13.0 Å². The van der Waals surface area contributed by atoms with Crippen molar-refractivity contribution < 1.29 is 19.4 Å². The van der Waals surface area contributed by atoms with E-state index in [1.807, 2.05) is 0 Å². The number of nitrogens with zero attached hydrogens (tertiary/aromatic N) is 1. The topological polar surface area (TPSA) is 100 Å². The first-order valence-corrected chi connectivity index (χ1v) is 4.56. The number of nitrogens with one attached hydrogen (secondary N) is 2. The van der Waals surface area contributed by atoms with E-state index >= 15 is 0 Å². The van der Waals surface area contributed by atoms with Crippen molar-refractivity contribution in [3.05, 3.63) is 0 Å². The van der Waals surface area contributed by atoms with Gasteiger partial charge < -0.3 is 9.84 Å². The number of aliphatic hydroxyl groups is 1. The molecule has 1 atom stereocenters. The molecular formula is C8H11N3O4. The predicted octanol–water partition coefficient (Wildman–Crippen LogP) is -2.26. The number of hydrogen-bond acceptors (Lipinski definition) is 5. The molecule has 2 aliphatic heterocycles. The fraction of sp³-hybridized carbons (Fsp3) is 0.625. The zero-order chi connectivity index (χ0) is 10.9. The van der Waals surface area contributed by atoms with Gasteiger partial charge in [-0.15, -0.1) is 0 Å². The first-order chi connectivity index (χ1) is 7.09. The molecule has 1 unspecified atom stereocenters. The maximum atomic E-state index is 10.8. The summed E-state index contributed by atoms with van der Waals surface area (Å²) in [5, 5.41) is 14.3. The highest BCUT2D eigenvalue weighted by atomic mass is 16.5. The van der Waals surface area contributed by atoms with Gasteiger partial charge in [-0.3, -0.25) is 20.2 Å². The van der Waals surface area contributed by atoms with Crippen LogP contribution in [0.4, 0.5) is 0 Å².